The predicted molar refractivity (Wildman–Crippen MR) is 81.5 cm³/mol. The highest BCUT2D eigenvalue weighted by molar-refractivity contribution is 9.10. The number of hydrogen-bond donors (Lipinski definition) is 1. The summed E-state index contributed by atoms with van der Waals surface area (Å²) >= 11 is 3.62. The maximum absolute atomic E-state index is 5.32. The predicted octanol–water partition coefficient (Wildman–Crippen LogP) is 3.24. The third-order valence-corrected chi connectivity index (χ3v) is 5.10. The van der Waals surface area contributed by atoms with Crippen LogP contribution in [-0.4, -0.2) is 37.2 Å². The SMILES string of the molecule is COCc1c(Br)cccc1NC1CCN2CCCC12. The van der Waals surface area contributed by atoms with Gasteiger partial charge in [-0.2, -0.15) is 0 Å². The van der Waals surface area contributed by atoms with E-state index in [4.69, 9.17) is 4.74 Å². The first-order valence-electron chi connectivity index (χ1n) is 7.06. The number of rotatable bonds is 4. The standard InChI is InChI=1S/C15H21BrN2O/c1-19-10-11-12(16)4-2-5-13(11)17-14-7-9-18-8-3-6-15(14)18/h2,4-5,14-15,17H,3,6-10H2,1H3. The Morgan fingerprint density at radius 2 is 2.26 bits per heavy atom. The van der Waals surface area contributed by atoms with Crippen molar-refractivity contribution in [1.82, 2.24) is 4.90 Å². The Morgan fingerprint density at radius 3 is 3.11 bits per heavy atom. The van der Waals surface area contributed by atoms with Crippen LogP contribution in [0, 0.1) is 0 Å². The van der Waals surface area contributed by atoms with Crippen molar-refractivity contribution >= 4 is 21.6 Å². The van der Waals surface area contributed by atoms with Gasteiger partial charge in [-0.3, -0.25) is 4.90 Å². The zero-order valence-corrected chi connectivity index (χ0v) is 12.9. The Hall–Kier alpha value is -0.580. The Kier molecular flexibility index (Phi) is 4.10. The topological polar surface area (TPSA) is 24.5 Å². The molecule has 0 aliphatic carbocycles. The monoisotopic (exact) mass is 324 g/mol. The van der Waals surface area contributed by atoms with E-state index in [1.54, 1.807) is 7.11 Å². The minimum atomic E-state index is 0.590. The van der Waals surface area contributed by atoms with Gasteiger partial charge in [-0.1, -0.05) is 22.0 Å². The molecule has 3 rings (SSSR count). The zero-order valence-electron chi connectivity index (χ0n) is 11.4. The van der Waals surface area contributed by atoms with E-state index in [1.165, 1.54) is 43.6 Å². The van der Waals surface area contributed by atoms with E-state index in [0.717, 1.165) is 10.5 Å². The summed E-state index contributed by atoms with van der Waals surface area (Å²) in [6, 6.07) is 7.65. The van der Waals surface area contributed by atoms with Crippen molar-refractivity contribution in [1.29, 1.82) is 0 Å². The molecule has 2 atom stereocenters. The molecular weight excluding hydrogens is 304 g/mol. The smallest absolute Gasteiger partial charge is 0.0744 e. The average molecular weight is 325 g/mol. The second kappa shape index (κ2) is 5.81. The fraction of sp³-hybridized carbons (Fsp3) is 0.600. The van der Waals surface area contributed by atoms with Gasteiger partial charge in [-0.15, -0.1) is 0 Å². The zero-order chi connectivity index (χ0) is 13.2. The van der Waals surface area contributed by atoms with Crippen LogP contribution in [0.1, 0.15) is 24.8 Å². The van der Waals surface area contributed by atoms with Crippen molar-refractivity contribution in [3.05, 3.63) is 28.2 Å². The van der Waals surface area contributed by atoms with Crippen LogP contribution in [0.3, 0.4) is 0 Å². The van der Waals surface area contributed by atoms with Gasteiger partial charge in [-0.05, 0) is 37.9 Å². The summed E-state index contributed by atoms with van der Waals surface area (Å²) < 4.78 is 6.45. The Bertz CT molecular complexity index is 452. The first-order chi connectivity index (χ1) is 9.29. The lowest BCUT2D eigenvalue weighted by Gasteiger charge is -2.24. The molecule has 2 heterocycles. The molecule has 0 saturated carbocycles. The maximum Gasteiger partial charge on any atom is 0.0744 e. The van der Waals surface area contributed by atoms with Gasteiger partial charge in [-0.25, -0.2) is 0 Å². The van der Waals surface area contributed by atoms with E-state index in [2.05, 4.69) is 44.3 Å². The van der Waals surface area contributed by atoms with Gasteiger partial charge in [0.2, 0.25) is 0 Å². The van der Waals surface area contributed by atoms with Gasteiger partial charge >= 0.3 is 0 Å². The molecule has 0 amide bonds. The molecule has 0 aromatic heterocycles. The van der Waals surface area contributed by atoms with Gasteiger partial charge in [0.05, 0.1) is 6.61 Å². The van der Waals surface area contributed by atoms with Crippen molar-refractivity contribution in [2.24, 2.45) is 0 Å². The number of benzene rings is 1. The molecule has 2 unspecified atom stereocenters. The molecule has 104 valence electrons. The summed E-state index contributed by atoms with van der Waals surface area (Å²) in [5.74, 6) is 0. The van der Waals surface area contributed by atoms with Crippen LogP contribution in [0.15, 0.2) is 22.7 Å². The molecule has 4 heteroatoms. The van der Waals surface area contributed by atoms with E-state index in [9.17, 15) is 0 Å². The van der Waals surface area contributed by atoms with E-state index < -0.39 is 0 Å². The summed E-state index contributed by atoms with van der Waals surface area (Å²) in [7, 11) is 1.75. The lowest BCUT2D eigenvalue weighted by molar-refractivity contribution is 0.184. The van der Waals surface area contributed by atoms with Crippen molar-refractivity contribution in [3.63, 3.8) is 0 Å². The van der Waals surface area contributed by atoms with Crippen LogP contribution >= 0.6 is 15.9 Å². The van der Waals surface area contributed by atoms with Crippen molar-refractivity contribution < 1.29 is 4.74 Å². The van der Waals surface area contributed by atoms with Crippen LogP contribution in [0.2, 0.25) is 0 Å². The first kappa shape index (κ1) is 13.4. The minimum absolute atomic E-state index is 0.590. The molecule has 0 spiro atoms. The molecule has 1 aromatic carbocycles. The van der Waals surface area contributed by atoms with Crippen LogP contribution < -0.4 is 5.32 Å². The molecule has 1 aromatic rings. The Balaban J connectivity index is 1.77. The molecule has 0 radical (unpaired) electrons. The number of nitrogens with one attached hydrogen (secondary N) is 1. The van der Waals surface area contributed by atoms with E-state index in [0.29, 0.717) is 12.6 Å². The third-order valence-electron chi connectivity index (χ3n) is 4.35. The number of ether oxygens (including phenoxy) is 1. The number of halogens is 1. The fourth-order valence-corrected chi connectivity index (χ4v) is 3.92. The van der Waals surface area contributed by atoms with Crippen LogP contribution in [0.4, 0.5) is 5.69 Å². The summed E-state index contributed by atoms with van der Waals surface area (Å²) in [6.07, 6.45) is 3.95. The summed E-state index contributed by atoms with van der Waals surface area (Å²) in [5.41, 5.74) is 2.44. The molecule has 1 N–H and O–H groups in total. The number of methoxy groups -OCH3 is 1. The lowest BCUT2D eigenvalue weighted by atomic mass is 10.1. The molecular formula is C15H21BrN2O. The van der Waals surface area contributed by atoms with Gasteiger partial charge < -0.3 is 10.1 Å². The fourth-order valence-electron chi connectivity index (χ4n) is 3.44. The summed E-state index contributed by atoms with van der Waals surface area (Å²) in [4.78, 5) is 2.63. The Labute approximate surface area is 123 Å². The maximum atomic E-state index is 5.32. The van der Waals surface area contributed by atoms with Crippen molar-refractivity contribution in [3.8, 4) is 0 Å². The number of fused-ring (bicyclic) bond motifs is 1. The molecule has 2 aliphatic heterocycles. The highest BCUT2D eigenvalue weighted by Crippen LogP contribution is 2.32. The van der Waals surface area contributed by atoms with Gasteiger partial charge in [0.25, 0.3) is 0 Å². The lowest BCUT2D eigenvalue weighted by Crippen LogP contribution is -2.34. The number of anilines is 1. The molecule has 2 saturated heterocycles. The van der Waals surface area contributed by atoms with Crippen LogP contribution in [-0.2, 0) is 11.3 Å². The van der Waals surface area contributed by atoms with Crippen LogP contribution in [0.5, 0.6) is 0 Å². The third kappa shape index (κ3) is 2.67. The molecule has 19 heavy (non-hydrogen) atoms. The second-order valence-corrected chi connectivity index (χ2v) is 6.34. The minimum Gasteiger partial charge on any atom is -0.380 e. The number of nitrogens with zero attached hydrogens (tertiary/aromatic N) is 1. The average Bonchev–Trinajstić information content (AvgIpc) is 2.98. The molecule has 2 fully saturated rings. The Morgan fingerprint density at radius 1 is 1.37 bits per heavy atom. The highest BCUT2D eigenvalue weighted by Gasteiger charge is 2.37. The molecule has 3 nitrogen and oxygen atoms in total. The van der Waals surface area contributed by atoms with E-state index in [1.807, 2.05) is 0 Å². The largest absolute Gasteiger partial charge is 0.380 e. The molecule has 2 aliphatic rings. The van der Waals surface area contributed by atoms with Crippen molar-refractivity contribution in [2.75, 3.05) is 25.5 Å². The second-order valence-electron chi connectivity index (χ2n) is 5.48. The van der Waals surface area contributed by atoms with E-state index >= 15 is 0 Å². The summed E-state index contributed by atoms with van der Waals surface area (Å²) in [6.45, 7) is 3.17. The van der Waals surface area contributed by atoms with Gasteiger partial charge in [0.1, 0.15) is 0 Å². The highest BCUT2D eigenvalue weighted by atomic mass is 79.9. The van der Waals surface area contributed by atoms with Crippen LogP contribution in [0.25, 0.3) is 0 Å². The van der Waals surface area contributed by atoms with Crippen molar-refractivity contribution in [2.45, 2.75) is 38.0 Å². The molecule has 0 bridgehead atoms. The normalized spacial score (nSPS) is 26.6. The van der Waals surface area contributed by atoms with E-state index in [-0.39, 0.29) is 0 Å². The summed E-state index contributed by atoms with van der Waals surface area (Å²) in [5, 5.41) is 3.75. The first-order valence-corrected chi connectivity index (χ1v) is 7.86. The van der Waals surface area contributed by atoms with Gasteiger partial charge in [0, 0.05) is 41.5 Å². The number of hydrogen-bond acceptors (Lipinski definition) is 3. The van der Waals surface area contributed by atoms with Gasteiger partial charge in [0.15, 0.2) is 0 Å². The quantitative estimate of drug-likeness (QED) is 0.920.